The van der Waals surface area contributed by atoms with E-state index in [2.05, 4.69) is 53.5 Å². The summed E-state index contributed by atoms with van der Waals surface area (Å²) in [5.41, 5.74) is 5.05. The molecule has 1 aromatic rings. The summed E-state index contributed by atoms with van der Waals surface area (Å²) in [6, 6.07) is 8.50. The molecule has 0 radical (unpaired) electrons. The van der Waals surface area contributed by atoms with Crippen LogP contribution >= 0.6 is 0 Å². The maximum absolute atomic E-state index is 12.9. The third-order valence-corrected chi connectivity index (χ3v) is 7.14. The van der Waals surface area contributed by atoms with E-state index in [9.17, 15) is 4.79 Å². The van der Waals surface area contributed by atoms with E-state index in [-0.39, 0.29) is 11.3 Å². The van der Waals surface area contributed by atoms with Gasteiger partial charge in [0, 0.05) is 18.8 Å². The molecule has 0 aromatic heterocycles. The number of amides is 1. The molecular formula is C24H35N3O. The number of carbonyl (C=O) groups is 1. The highest BCUT2D eigenvalue weighted by molar-refractivity contribution is 5.86. The predicted octanol–water partition coefficient (Wildman–Crippen LogP) is 4.98. The van der Waals surface area contributed by atoms with Gasteiger partial charge < -0.3 is 4.90 Å². The Morgan fingerprint density at radius 3 is 2.07 bits per heavy atom. The number of anilines is 1. The predicted molar refractivity (Wildman–Crippen MR) is 116 cm³/mol. The average molecular weight is 382 g/mol. The molecule has 4 aliphatic rings. The van der Waals surface area contributed by atoms with Gasteiger partial charge in [0.2, 0.25) is 5.91 Å². The molecule has 1 amide bonds. The van der Waals surface area contributed by atoms with Crippen molar-refractivity contribution in [3.8, 4) is 0 Å². The molecule has 4 bridgehead atoms. The van der Waals surface area contributed by atoms with Crippen LogP contribution in [0.3, 0.4) is 0 Å². The van der Waals surface area contributed by atoms with Gasteiger partial charge >= 0.3 is 0 Å². The maximum atomic E-state index is 12.9. The van der Waals surface area contributed by atoms with E-state index in [1.807, 2.05) is 0 Å². The van der Waals surface area contributed by atoms with Crippen LogP contribution in [-0.4, -0.2) is 25.2 Å². The van der Waals surface area contributed by atoms with Gasteiger partial charge in [-0.15, -0.1) is 0 Å². The van der Waals surface area contributed by atoms with Crippen LogP contribution in [0.4, 0.5) is 5.69 Å². The van der Waals surface area contributed by atoms with E-state index in [0.29, 0.717) is 0 Å². The van der Waals surface area contributed by atoms with E-state index in [4.69, 9.17) is 0 Å². The number of rotatable bonds is 8. The second kappa shape index (κ2) is 8.26. The zero-order chi connectivity index (χ0) is 19.6. The van der Waals surface area contributed by atoms with Crippen molar-refractivity contribution in [1.29, 1.82) is 0 Å². The first-order valence-corrected chi connectivity index (χ1v) is 11.3. The summed E-state index contributed by atoms with van der Waals surface area (Å²) in [4.78, 5) is 15.4. The number of nitrogens with one attached hydrogen (secondary N) is 1. The number of nitrogens with zero attached hydrogens (tertiary/aromatic N) is 2. The summed E-state index contributed by atoms with van der Waals surface area (Å²) in [6.07, 6.45) is 11.4. The fraction of sp³-hybridized carbons (Fsp3) is 0.667. The number of carbonyl (C=O) groups excluding carboxylic acids is 1. The van der Waals surface area contributed by atoms with Crippen molar-refractivity contribution in [3.63, 3.8) is 0 Å². The largest absolute Gasteiger partial charge is 0.372 e. The van der Waals surface area contributed by atoms with Gasteiger partial charge in [-0.2, -0.15) is 5.10 Å². The normalized spacial score (nSPS) is 30.7. The van der Waals surface area contributed by atoms with E-state index in [1.54, 1.807) is 6.21 Å². The van der Waals surface area contributed by atoms with E-state index >= 15 is 0 Å². The Labute approximate surface area is 169 Å². The monoisotopic (exact) mass is 381 g/mol. The van der Waals surface area contributed by atoms with Gasteiger partial charge in [-0.1, -0.05) is 26.0 Å². The fourth-order valence-corrected chi connectivity index (χ4v) is 6.35. The molecule has 0 saturated heterocycles. The third kappa shape index (κ3) is 3.97. The number of benzene rings is 1. The molecule has 152 valence electrons. The minimum Gasteiger partial charge on any atom is -0.372 e. The van der Waals surface area contributed by atoms with Crippen molar-refractivity contribution >= 4 is 17.8 Å². The maximum Gasteiger partial charge on any atom is 0.246 e. The first-order chi connectivity index (χ1) is 13.6. The Morgan fingerprint density at radius 2 is 1.57 bits per heavy atom. The highest BCUT2D eigenvalue weighted by Gasteiger charge is 2.54. The van der Waals surface area contributed by atoms with Crippen LogP contribution in [0.15, 0.2) is 29.4 Å². The topological polar surface area (TPSA) is 44.7 Å². The van der Waals surface area contributed by atoms with Gasteiger partial charge in [-0.05, 0) is 86.8 Å². The minimum atomic E-state index is -0.128. The Hall–Kier alpha value is -1.84. The smallest absolute Gasteiger partial charge is 0.246 e. The molecule has 0 heterocycles. The molecule has 1 N–H and O–H groups in total. The van der Waals surface area contributed by atoms with E-state index < -0.39 is 0 Å². The van der Waals surface area contributed by atoms with Gasteiger partial charge in [0.1, 0.15) is 0 Å². The van der Waals surface area contributed by atoms with Gasteiger partial charge in [-0.25, -0.2) is 5.43 Å². The Balaban J connectivity index is 1.35. The van der Waals surface area contributed by atoms with E-state index in [1.165, 1.54) is 24.9 Å². The molecule has 1 aromatic carbocycles. The quantitative estimate of drug-likeness (QED) is 0.510. The van der Waals surface area contributed by atoms with Crippen LogP contribution in [0.25, 0.3) is 0 Å². The van der Waals surface area contributed by atoms with Gasteiger partial charge in [0.25, 0.3) is 0 Å². The fourth-order valence-electron chi connectivity index (χ4n) is 6.35. The Morgan fingerprint density at radius 1 is 1.04 bits per heavy atom. The van der Waals surface area contributed by atoms with Gasteiger partial charge in [0.15, 0.2) is 0 Å². The van der Waals surface area contributed by atoms with Crippen molar-refractivity contribution in [3.05, 3.63) is 29.8 Å². The first kappa shape index (κ1) is 19.5. The number of hydrogen-bond donors (Lipinski definition) is 1. The van der Waals surface area contributed by atoms with Crippen LogP contribution in [-0.2, 0) is 4.79 Å². The average Bonchev–Trinajstić information content (AvgIpc) is 2.67. The summed E-state index contributed by atoms with van der Waals surface area (Å²) in [5.74, 6) is 2.50. The summed E-state index contributed by atoms with van der Waals surface area (Å²) >= 11 is 0. The molecule has 0 spiro atoms. The second-order valence-corrected chi connectivity index (χ2v) is 9.48. The Bertz CT molecular complexity index is 668. The summed E-state index contributed by atoms with van der Waals surface area (Å²) < 4.78 is 0. The lowest BCUT2D eigenvalue weighted by Gasteiger charge is -2.55. The van der Waals surface area contributed by atoms with Crippen molar-refractivity contribution in [2.45, 2.75) is 65.2 Å². The van der Waals surface area contributed by atoms with Crippen molar-refractivity contribution in [2.24, 2.45) is 28.3 Å². The zero-order valence-electron chi connectivity index (χ0n) is 17.5. The molecule has 0 aliphatic heterocycles. The molecule has 0 atom stereocenters. The number of hydrazone groups is 1. The van der Waals surface area contributed by atoms with Crippen LogP contribution < -0.4 is 10.3 Å². The molecule has 28 heavy (non-hydrogen) atoms. The standard InChI is InChI=1S/C24H35N3O/c1-3-9-27(10-4-2)22-7-5-18(6-8-22)17-25-26-23(28)24-14-19-11-20(15-24)13-21(12-19)16-24/h5-8,17,19-21H,3-4,9-16H2,1-2H3,(H,26,28)/b25-17+. The zero-order valence-corrected chi connectivity index (χ0v) is 17.5. The molecule has 4 aliphatic carbocycles. The van der Waals surface area contributed by atoms with Crippen LogP contribution in [0.2, 0.25) is 0 Å². The lowest BCUT2D eigenvalue weighted by Crippen LogP contribution is -2.52. The van der Waals surface area contributed by atoms with Gasteiger partial charge in [-0.3, -0.25) is 4.79 Å². The van der Waals surface area contributed by atoms with Crippen LogP contribution in [0.1, 0.15) is 70.8 Å². The highest BCUT2D eigenvalue weighted by Crippen LogP contribution is 2.60. The van der Waals surface area contributed by atoms with Crippen LogP contribution in [0.5, 0.6) is 0 Å². The summed E-state index contributed by atoms with van der Waals surface area (Å²) in [5, 5.41) is 4.31. The lowest BCUT2D eigenvalue weighted by atomic mass is 9.49. The second-order valence-electron chi connectivity index (χ2n) is 9.48. The highest BCUT2D eigenvalue weighted by atomic mass is 16.2. The molecule has 0 unspecified atom stereocenters. The molecule has 5 rings (SSSR count). The van der Waals surface area contributed by atoms with Gasteiger partial charge in [0.05, 0.1) is 11.6 Å². The summed E-state index contributed by atoms with van der Waals surface area (Å²) in [6.45, 7) is 6.61. The molecule has 4 saturated carbocycles. The SMILES string of the molecule is CCCN(CCC)c1ccc(/C=N/NC(=O)C23CC4CC(CC(C4)C2)C3)cc1. The first-order valence-electron chi connectivity index (χ1n) is 11.3. The summed E-state index contributed by atoms with van der Waals surface area (Å²) in [7, 11) is 0. The van der Waals surface area contributed by atoms with Crippen LogP contribution in [0, 0.1) is 23.2 Å². The molecular weight excluding hydrogens is 346 g/mol. The van der Waals surface area contributed by atoms with E-state index in [0.717, 1.165) is 68.5 Å². The third-order valence-electron chi connectivity index (χ3n) is 7.14. The molecule has 4 fully saturated rings. The van der Waals surface area contributed by atoms with Crippen molar-refractivity contribution in [1.82, 2.24) is 5.43 Å². The minimum absolute atomic E-state index is 0.128. The lowest BCUT2D eigenvalue weighted by molar-refractivity contribution is -0.146. The molecule has 4 heteroatoms. The molecule has 4 nitrogen and oxygen atoms in total. The Kier molecular flexibility index (Phi) is 5.75. The van der Waals surface area contributed by atoms with Crippen molar-refractivity contribution < 1.29 is 4.79 Å². The number of hydrogen-bond acceptors (Lipinski definition) is 3. The van der Waals surface area contributed by atoms with Crippen molar-refractivity contribution in [2.75, 3.05) is 18.0 Å².